The third-order valence-electron chi connectivity index (χ3n) is 4.26. The number of carbonyl (C=O) groups is 1. The van der Waals surface area contributed by atoms with Crippen LogP contribution in [0.15, 0.2) is 59.7 Å². The summed E-state index contributed by atoms with van der Waals surface area (Å²) in [7, 11) is 0. The quantitative estimate of drug-likeness (QED) is 0.559. The Hall–Kier alpha value is -3.81. The second kappa shape index (κ2) is 6.83. The van der Waals surface area contributed by atoms with E-state index in [1.807, 2.05) is 30.3 Å². The van der Waals surface area contributed by atoms with Gasteiger partial charge < -0.3 is 10.7 Å². The Kier molecular flexibility index (Phi) is 4.21. The van der Waals surface area contributed by atoms with Crippen molar-refractivity contribution < 1.29 is 4.79 Å². The predicted molar refractivity (Wildman–Crippen MR) is 100 cm³/mol. The molecule has 8 nitrogen and oxygen atoms in total. The van der Waals surface area contributed by atoms with Crippen molar-refractivity contribution in [3.63, 3.8) is 0 Å². The van der Waals surface area contributed by atoms with Crippen molar-refractivity contribution in [1.29, 1.82) is 0 Å². The number of benzene rings is 1. The van der Waals surface area contributed by atoms with Gasteiger partial charge in [0.05, 0.1) is 0 Å². The number of nitrogens with one attached hydrogen (secondary N) is 1. The number of aromatic nitrogens is 5. The zero-order valence-corrected chi connectivity index (χ0v) is 14.3. The summed E-state index contributed by atoms with van der Waals surface area (Å²) in [5, 5.41) is 0. The van der Waals surface area contributed by atoms with Crippen LogP contribution in [0, 0.1) is 0 Å². The van der Waals surface area contributed by atoms with E-state index >= 15 is 0 Å². The van der Waals surface area contributed by atoms with Crippen molar-refractivity contribution in [2.45, 2.75) is 13.0 Å². The molecule has 0 aliphatic carbocycles. The molecular weight excluding hydrogens is 344 g/mol. The summed E-state index contributed by atoms with van der Waals surface area (Å²) in [4.78, 5) is 39.7. The van der Waals surface area contributed by atoms with Crippen LogP contribution in [0.5, 0.6) is 0 Å². The standard InChI is InChI=1S/C19H16N6O2/c20-16(26)14-15-18(24-17(22-14)13-6-9-21-10-7-13)25(19(27)23-15)11-8-12-4-2-1-3-5-12/h1-7,9-10H,8,11H2,(H2,20,26)(H,23,27). The van der Waals surface area contributed by atoms with Crippen LogP contribution in [0.3, 0.4) is 0 Å². The van der Waals surface area contributed by atoms with E-state index in [9.17, 15) is 9.59 Å². The summed E-state index contributed by atoms with van der Waals surface area (Å²) in [5.74, 6) is -0.416. The average Bonchev–Trinajstić information content (AvgIpc) is 3.02. The van der Waals surface area contributed by atoms with Gasteiger partial charge in [0.25, 0.3) is 5.91 Å². The maximum Gasteiger partial charge on any atom is 0.327 e. The van der Waals surface area contributed by atoms with Gasteiger partial charge in [-0.15, -0.1) is 0 Å². The van der Waals surface area contributed by atoms with Crippen molar-refractivity contribution in [2.75, 3.05) is 0 Å². The number of aromatic amines is 1. The van der Waals surface area contributed by atoms with Gasteiger partial charge in [0.1, 0.15) is 5.52 Å². The minimum Gasteiger partial charge on any atom is -0.364 e. The topological polar surface area (TPSA) is 120 Å². The van der Waals surface area contributed by atoms with Gasteiger partial charge in [-0.05, 0) is 24.1 Å². The van der Waals surface area contributed by atoms with E-state index in [2.05, 4.69) is 19.9 Å². The van der Waals surface area contributed by atoms with Gasteiger partial charge in [-0.1, -0.05) is 30.3 Å². The number of carbonyl (C=O) groups excluding carboxylic acids is 1. The molecule has 4 aromatic rings. The van der Waals surface area contributed by atoms with Crippen LogP contribution in [0.2, 0.25) is 0 Å². The Morgan fingerprint density at radius 3 is 2.52 bits per heavy atom. The number of amides is 1. The molecule has 0 unspecified atom stereocenters. The molecule has 27 heavy (non-hydrogen) atoms. The fourth-order valence-electron chi connectivity index (χ4n) is 2.93. The molecule has 0 aliphatic heterocycles. The summed E-state index contributed by atoms with van der Waals surface area (Å²) in [6.45, 7) is 0.411. The molecule has 4 rings (SSSR count). The molecule has 134 valence electrons. The molecule has 3 aromatic heterocycles. The van der Waals surface area contributed by atoms with E-state index in [1.54, 1.807) is 24.5 Å². The van der Waals surface area contributed by atoms with Gasteiger partial charge in [0.2, 0.25) is 0 Å². The summed E-state index contributed by atoms with van der Waals surface area (Å²) in [5.41, 5.74) is 7.48. The first kappa shape index (κ1) is 16.6. The number of hydrogen-bond donors (Lipinski definition) is 2. The molecule has 0 spiro atoms. The molecule has 1 amide bonds. The smallest absolute Gasteiger partial charge is 0.327 e. The SMILES string of the molecule is NC(=O)c1nc(-c2ccncc2)nc2c1[nH]c(=O)n2CCc1ccccc1. The van der Waals surface area contributed by atoms with Crippen molar-refractivity contribution in [2.24, 2.45) is 5.73 Å². The van der Waals surface area contributed by atoms with E-state index < -0.39 is 5.91 Å². The van der Waals surface area contributed by atoms with Gasteiger partial charge >= 0.3 is 5.69 Å². The molecule has 1 aromatic carbocycles. The number of hydrogen-bond acceptors (Lipinski definition) is 5. The lowest BCUT2D eigenvalue weighted by molar-refractivity contribution is 0.0997. The van der Waals surface area contributed by atoms with Crippen LogP contribution in [0.25, 0.3) is 22.6 Å². The van der Waals surface area contributed by atoms with Gasteiger partial charge in [0, 0.05) is 24.5 Å². The van der Waals surface area contributed by atoms with E-state index in [0.717, 1.165) is 5.56 Å². The summed E-state index contributed by atoms with van der Waals surface area (Å²) in [6.07, 6.45) is 3.85. The van der Waals surface area contributed by atoms with E-state index in [0.29, 0.717) is 30.0 Å². The molecule has 0 radical (unpaired) electrons. The third kappa shape index (κ3) is 3.20. The Morgan fingerprint density at radius 1 is 1.07 bits per heavy atom. The Bertz CT molecular complexity index is 1170. The maximum atomic E-state index is 12.5. The van der Waals surface area contributed by atoms with Crippen molar-refractivity contribution in [3.05, 3.63) is 76.6 Å². The highest BCUT2D eigenvalue weighted by molar-refractivity contribution is 6.01. The van der Waals surface area contributed by atoms with Crippen LogP contribution in [-0.2, 0) is 13.0 Å². The number of nitrogens with zero attached hydrogens (tertiary/aromatic N) is 4. The molecule has 0 aliphatic rings. The van der Waals surface area contributed by atoms with Gasteiger partial charge in [-0.25, -0.2) is 14.8 Å². The zero-order chi connectivity index (χ0) is 18.8. The molecule has 0 bridgehead atoms. The third-order valence-corrected chi connectivity index (χ3v) is 4.26. The lowest BCUT2D eigenvalue weighted by Gasteiger charge is -2.06. The maximum absolute atomic E-state index is 12.5. The first-order valence-electron chi connectivity index (χ1n) is 8.38. The Balaban J connectivity index is 1.84. The largest absolute Gasteiger partial charge is 0.364 e. The summed E-state index contributed by atoms with van der Waals surface area (Å²) >= 11 is 0. The van der Waals surface area contributed by atoms with Crippen LogP contribution in [0.1, 0.15) is 16.1 Å². The lowest BCUT2D eigenvalue weighted by atomic mass is 10.1. The summed E-state index contributed by atoms with van der Waals surface area (Å²) in [6, 6.07) is 13.3. The van der Waals surface area contributed by atoms with Crippen molar-refractivity contribution >= 4 is 17.1 Å². The number of H-pyrrole nitrogens is 1. The number of rotatable bonds is 5. The summed E-state index contributed by atoms with van der Waals surface area (Å²) < 4.78 is 1.50. The van der Waals surface area contributed by atoms with E-state index in [4.69, 9.17) is 5.73 Å². The second-order valence-corrected chi connectivity index (χ2v) is 6.01. The van der Waals surface area contributed by atoms with Crippen LogP contribution >= 0.6 is 0 Å². The predicted octanol–water partition coefficient (Wildman–Crippen LogP) is 1.52. The average molecular weight is 360 g/mol. The fraction of sp³-hybridized carbons (Fsp3) is 0.105. The molecule has 3 N–H and O–H groups in total. The molecule has 0 saturated heterocycles. The molecule has 0 saturated carbocycles. The number of fused-ring (bicyclic) bond motifs is 1. The minimum absolute atomic E-state index is 0.0117. The van der Waals surface area contributed by atoms with Crippen LogP contribution in [0.4, 0.5) is 0 Å². The Labute approximate surface area is 153 Å². The highest BCUT2D eigenvalue weighted by Crippen LogP contribution is 2.19. The lowest BCUT2D eigenvalue weighted by Crippen LogP contribution is -2.18. The number of imidazole rings is 1. The van der Waals surface area contributed by atoms with Gasteiger partial charge in [-0.2, -0.15) is 0 Å². The van der Waals surface area contributed by atoms with Crippen LogP contribution < -0.4 is 11.4 Å². The number of primary amides is 1. The first-order chi connectivity index (χ1) is 13.1. The van der Waals surface area contributed by atoms with Crippen molar-refractivity contribution in [3.8, 4) is 11.4 Å². The second-order valence-electron chi connectivity index (χ2n) is 6.01. The highest BCUT2D eigenvalue weighted by Gasteiger charge is 2.19. The van der Waals surface area contributed by atoms with Gasteiger partial charge in [-0.3, -0.25) is 14.3 Å². The fourth-order valence-corrected chi connectivity index (χ4v) is 2.93. The molecule has 8 heteroatoms. The zero-order valence-electron chi connectivity index (χ0n) is 14.3. The number of nitrogens with two attached hydrogens (primary N) is 1. The first-order valence-corrected chi connectivity index (χ1v) is 8.38. The van der Waals surface area contributed by atoms with E-state index in [-0.39, 0.29) is 16.9 Å². The monoisotopic (exact) mass is 360 g/mol. The van der Waals surface area contributed by atoms with Crippen molar-refractivity contribution in [1.82, 2.24) is 24.5 Å². The molecular formula is C19H16N6O2. The van der Waals surface area contributed by atoms with Gasteiger partial charge in [0.15, 0.2) is 17.2 Å². The molecule has 3 heterocycles. The van der Waals surface area contributed by atoms with Crippen LogP contribution in [-0.4, -0.2) is 30.4 Å². The highest BCUT2D eigenvalue weighted by atomic mass is 16.2. The molecule has 0 atom stereocenters. The number of pyridine rings is 1. The van der Waals surface area contributed by atoms with E-state index in [1.165, 1.54) is 4.57 Å². The number of aryl methyl sites for hydroxylation is 2. The minimum atomic E-state index is -0.728. The Morgan fingerprint density at radius 2 is 1.81 bits per heavy atom. The molecule has 0 fully saturated rings. The normalized spacial score (nSPS) is 11.0.